The number of azo groups is 2. The fraction of sp³-hybridized carbons (Fsp3) is 0.179. The fourth-order valence-corrected chi connectivity index (χ4v) is 8.30. The summed E-state index contributed by atoms with van der Waals surface area (Å²) in [7, 11) is -18.1. The molecule has 1 aromatic heterocycles. The summed E-state index contributed by atoms with van der Waals surface area (Å²) in [6.45, 7) is 1.21. The summed E-state index contributed by atoms with van der Waals surface area (Å²) in [6.07, 6.45) is -0.210. The van der Waals surface area contributed by atoms with Gasteiger partial charge in [0, 0.05) is 22.9 Å². The molecule has 0 aliphatic rings. The highest BCUT2D eigenvalue weighted by molar-refractivity contribution is 7.86. The molecule has 0 amide bonds. The first-order valence-corrected chi connectivity index (χ1v) is 21.3. The van der Waals surface area contributed by atoms with Crippen molar-refractivity contribution in [3.05, 3.63) is 48.0 Å². The highest BCUT2D eigenvalue weighted by Crippen LogP contribution is 2.45. The Morgan fingerprint density at radius 1 is 0.778 bits per heavy atom. The normalized spacial score (nSPS) is 13.1. The first kappa shape index (κ1) is 40.3. The SMILES string of the molecule is COc1cc2sc(N=Nc3cc(OCCCS(=O)(=O)O)c(N=Nc4c(S(=O)(=O)O)cc5c(S(=O)(=O)O)c(N)ccc5c4O)cc3C)nc2cc1S(=O)(=O)O. The van der Waals surface area contributed by atoms with Gasteiger partial charge in [-0.3, -0.25) is 18.2 Å². The van der Waals surface area contributed by atoms with Gasteiger partial charge in [0.1, 0.15) is 37.6 Å². The molecule has 0 unspecified atom stereocenters. The lowest BCUT2D eigenvalue weighted by Crippen LogP contribution is -2.08. The molecule has 288 valence electrons. The Hall–Kier alpha value is -4.93. The lowest BCUT2D eigenvalue weighted by Gasteiger charge is -2.13. The van der Waals surface area contributed by atoms with Crippen molar-refractivity contribution >= 4 is 101 Å². The average molecular weight is 847 g/mol. The lowest BCUT2D eigenvalue weighted by atomic mass is 10.1. The maximum absolute atomic E-state index is 12.4. The van der Waals surface area contributed by atoms with Gasteiger partial charge in [-0.25, -0.2) is 4.98 Å². The number of nitrogens with two attached hydrogens (primary N) is 1. The number of ether oxygens (including phenoxy) is 2. The van der Waals surface area contributed by atoms with Crippen LogP contribution in [-0.4, -0.2) is 81.4 Å². The Bertz CT molecular complexity index is 2860. The van der Waals surface area contributed by atoms with Gasteiger partial charge >= 0.3 is 0 Å². The molecular formula is C28H26N6O15S5. The molecule has 4 aromatic carbocycles. The highest BCUT2D eigenvalue weighted by Gasteiger charge is 2.27. The molecule has 0 spiro atoms. The maximum atomic E-state index is 12.4. The van der Waals surface area contributed by atoms with Crippen molar-refractivity contribution in [1.82, 2.24) is 4.98 Å². The van der Waals surface area contributed by atoms with Crippen molar-refractivity contribution in [2.45, 2.75) is 28.0 Å². The molecule has 0 radical (unpaired) electrons. The summed E-state index contributed by atoms with van der Waals surface area (Å²) in [5.74, 6) is -1.95. The molecule has 0 aliphatic carbocycles. The number of phenolic OH excluding ortho intramolecular Hbond substituents is 1. The van der Waals surface area contributed by atoms with E-state index in [0.29, 0.717) is 16.3 Å². The number of phenols is 1. The summed E-state index contributed by atoms with van der Waals surface area (Å²) < 4.78 is 144. The van der Waals surface area contributed by atoms with E-state index in [4.69, 9.17) is 19.8 Å². The van der Waals surface area contributed by atoms with E-state index >= 15 is 0 Å². The lowest BCUT2D eigenvalue weighted by molar-refractivity contribution is 0.317. The minimum atomic E-state index is -5.27. The Morgan fingerprint density at radius 3 is 2.06 bits per heavy atom. The van der Waals surface area contributed by atoms with Crippen LogP contribution in [0.25, 0.3) is 21.0 Å². The topological polar surface area (TPSA) is 345 Å². The molecule has 1 heterocycles. The third kappa shape index (κ3) is 8.88. The van der Waals surface area contributed by atoms with Crippen molar-refractivity contribution in [2.75, 3.05) is 25.2 Å². The largest absolute Gasteiger partial charge is 0.505 e. The second-order valence-corrected chi connectivity index (χ2v) is 17.8. The minimum absolute atomic E-state index is 0.0433. The van der Waals surface area contributed by atoms with Crippen LogP contribution in [0.1, 0.15) is 12.0 Å². The van der Waals surface area contributed by atoms with E-state index in [1.54, 1.807) is 0 Å². The van der Waals surface area contributed by atoms with Crippen LogP contribution in [-0.2, 0) is 40.5 Å². The third-order valence-corrected chi connectivity index (χ3v) is 11.7. The summed E-state index contributed by atoms with van der Waals surface area (Å²) in [5, 5.41) is 26.2. The Morgan fingerprint density at radius 2 is 1.44 bits per heavy atom. The standard InChI is InChI=1S/C28H26N6O15S5/c1-13-8-18(32-33-25-24(53(42,43)44)9-15-14(26(25)35)4-5-16(29)27(15)54(45,46)47)20(49-6-3-7-51(36,37)38)10-17(13)31-34-28-30-19-11-23(52(39,40)41)21(48-2)12-22(19)50-28/h4-5,8-12,35H,3,6-7,29H2,1-2H3,(H,36,37,38)(H,39,40,41)(H,42,43,44)(H,45,46,47). The summed E-state index contributed by atoms with van der Waals surface area (Å²) in [5.41, 5.74) is 4.76. The second kappa shape index (κ2) is 14.7. The number of anilines is 1. The number of hydrogen-bond donors (Lipinski definition) is 6. The van der Waals surface area contributed by atoms with E-state index in [-0.39, 0.29) is 51.9 Å². The van der Waals surface area contributed by atoms with Gasteiger partial charge in [-0.1, -0.05) is 11.3 Å². The van der Waals surface area contributed by atoms with E-state index in [1.807, 2.05) is 0 Å². The van der Waals surface area contributed by atoms with Crippen molar-refractivity contribution in [3.63, 3.8) is 0 Å². The molecule has 0 fully saturated rings. The first-order valence-electron chi connectivity index (χ1n) is 14.5. The summed E-state index contributed by atoms with van der Waals surface area (Å²) >= 11 is 0.991. The number of benzene rings is 4. The van der Waals surface area contributed by atoms with Gasteiger partial charge in [-0.05, 0) is 49.2 Å². The predicted octanol–water partition coefficient (Wildman–Crippen LogP) is 5.28. The number of nitrogens with zero attached hydrogens (tertiary/aromatic N) is 5. The summed E-state index contributed by atoms with van der Waals surface area (Å²) in [4.78, 5) is 1.62. The third-order valence-electron chi connectivity index (χ3n) is 7.27. The predicted molar refractivity (Wildman–Crippen MR) is 192 cm³/mol. The molecule has 5 aromatic rings. The molecule has 54 heavy (non-hydrogen) atoms. The molecule has 0 saturated heterocycles. The second-order valence-electron chi connectivity index (χ2n) is 11.0. The number of methoxy groups -OCH3 is 1. The number of thiazole rings is 1. The smallest absolute Gasteiger partial charge is 0.298 e. The van der Waals surface area contributed by atoms with Gasteiger partial charge in [0.05, 0.1) is 41.1 Å². The van der Waals surface area contributed by atoms with Crippen LogP contribution in [0.4, 0.5) is 27.9 Å². The van der Waals surface area contributed by atoms with Crippen LogP contribution in [0.5, 0.6) is 17.2 Å². The Balaban J connectivity index is 1.60. The molecule has 26 heteroatoms. The van der Waals surface area contributed by atoms with Crippen molar-refractivity contribution in [2.24, 2.45) is 20.5 Å². The van der Waals surface area contributed by atoms with E-state index in [0.717, 1.165) is 29.5 Å². The molecule has 0 aliphatic heterocycles. The highest BCUT2D eigenvalue weighted by atomic mass is 32.2. The van der Waals surface area contributed by atoms with Gasteiger partial charge in [0.2, 0.25) is 5.13 Å². The fourth-order valence-electron chi connectivity index (χ4n) is 4.91. The van der Waals surface area contributed by atoms with Crippen molar-refractivity contribution < 1.29 is 66.5 Å². The monoisotopic (exact) mass is 846 g/mol. The van der Waals surface area contributed by atoms with Crippen LogP contribution in [0.2, 0.25) is 0 Å². The molecule has 21 nitrogen and oxygen atoms in total. The number of rotatable bonds is 13. The van der Waals surface area contributed by atoms with Crippen molar-refractivity contribution in [3.8, 4) is 17.2 Å². The Labute approximate surface area is 309 Å². The van der Waals surface area contributed by atoms with Crippen LogP contribution in [0.15, 0.2) is 77.6 Å². The average Bonchev–Trinajstić information content (AvgIpc) is 3.45. The number of aryl methyl sites for hydroxylation is 1. The summed E-state index contributed by atoms with van der Waals surface area (Å²) in [6, 6.07) is 7.75. The Kier molecular flexibility index (Phi) is 11.0. The van der Waals surface area contributed by atoms with Crippen LogP contribution < -0.4 is 15.2 Å². The number of aromatic hydroxyl groups is 1. The number of hydrogen-bond acceptors (Lipinski definition) is 18. The molecule has 0 bridgehead atoms. The number of fused-ring (bicyclic) bond motifs is 2. The molecular weight excluding hydrogens is 821 g/mol. The van der Waals surface area contributed by atoms with Gasteiger partial charge in [0.25, 0.3) is 40.5 Å². The molecule has 0 saturated carbocycles. The van der Waals surface area contributed by atoms with E-state index in [2.05, 4.69) is 25.4 Å². The van der Waals surface area contributed by atoms with Gasteiger partial charge in [0.15, 0.2) is 5.75 Å². The number of nitrogen functional groups attached to an aromatic ring is 1. The van der Waals surface area contributed by atoms with Gasteiger partial charge in [-0.15, -0.1) is 20.5 Å². The van der Waals surface area contributed by atoms with Gasteiger partial charge < -0.3 is 20.3 Å². The maximum Gasteiger partial charge on any atom is 0.298 e. The molecule has 7 N–H and O–H groups in total. The van der Waals surface area contributed by atoms with Crippen LogP contribution in [0.3, 0.4) is 0 Å². The van der Waals surface area contributed by atoms with Crippen LogP contribution in [0, 0.1) is 6.92 Å². The zero-order valence-corrected chi connectivity index (χ0v) is 31.4. The molecule has 5 rings (SSSR count). The van der Waals surface area contributed by atoms with Gasteiger partial charge in [-0.2, -0.15) is 33.7 Å². The van der Waals surface area contributed by atoms with E-state index < -0.39 is 83.4 Å². The first-order chi connectivity index (χ1) is 25.0. The van der Waals surface area contributed by atoms with E-state index in [1.165, 1.54) is 32.2 Å². The zero-order chi connectivity index (χ0) is 40.0. The van der Waals surface area contributed by atoms with E-state index in [9.17, 15) is 52.4 Å². The molecule has 0 atom stereocenters. The zero-order valence-electron chi connectivity index (χ0n) is 27.3. The van der Waals surface area contributed by atoms with Crippen LogP contribution >= 0.6 is 11.3 Å². The quantitative estimate of drug-likeness (QED) is 0.0380. The number of aromatic nitrogens is 1. The minimum Gasteiger partial charge on any atom is -0.505 e. The van der Waals surface area contributed by atoms with Crippen molar-refractivity contribution in [1.29, 1.82) is 0 Å².